The lowest BCUT2D eigenvalue weighted by atomic mass is 9.47. The summed E-state index contributed by atoms with van der Waals surface area (Å²) in [6, 6.07) is 53.6. The molecule has 5 aromatic heterocycles. The second kappa shape index (κ2) is 44.0. The number of nitrogens with one attached hydrogen (secondary N) is 5. The number of anilines is 3. The molecule has 12 heterocycles. The molecule has 9 N–H and O–H groups in total. The topological polar surface area (TPSA) is 416 Å². The van der Waals surface area contributed by atoms with Crippen molar-refractivity contribution in [3.8, 4) is 39.8 Å². The second-order valence-electron chi connectivity index (χ2n) is 39.8. The highest BCUT2D eigenvalue weighted by Crippen LogP contribution is 2.69. The number of carbonyl (C=O) groups excluding carboxylic acids is 8. The molecule has 1 spiro atoms. The molecule has 2 bridgehead atoms. The minimum absolute atomic E-state index is 0.154. The molecule has 14 atom stereocenters. The lowest BCUT2D eigenvalue weighted by molar-refractivity contribution is -0.228. The average molecular weight is 2020 g/mol. The van der Waals surface area contributed by atoms with Crippen molar-refractivity contribution in [3.63, 3.8) is 0 Å². The van der Waals surface area contributed by atoms with Crippen LogP contribution in [0.2, 0.25) is 5.02 Å². The van der Waals surface area contributed by atoms with E-state index < -0.39 is 99.1 Å². The minimum Gasteiger partial charge on any atom is -0.497 e. The number of para-hydroxylation sites is 1. The fraction of sp³-hybridized carbons (Fsp3) is 0.407. The van der Waals surface area contributed by atoms with E-state index in [9.17, 15) is 43.8 Å². The van der Waals surface area contributed by atoms with Crippen molar-refractivity contribution in [2.45, 2.75) is 163 Å². The third-order valence-corrected chi connectivity index (χ3v) is 30.7. The summed E-state index contributed by atoms with van der Waals surface area (Å²) in [5, 5.41) is 37.4. The standard InChI is InChI=1S/C46H56N4O10.C31H40N4O7.C18H14ClN3O.C18H19N3O/c1-7-42(55)22-28-23-45(40(53)58-5,36-30(14-18-48(24-28)25-42)29-12-9-10-13-33(29)47-36)32-20-31-34(21-35(32)57-4)50(26-51)38-44(31)16-19-49-17-11-15-43(8-2,37(44)49)39(60-27(3)52)46(38,56)41(54)59-6;1-21(32-27(36)19-35-13-15-41-16-14-35)29(38)34-26(18-23-9-11-24(40-3)12-10-23)30(39)33-25(28(37)31(2)20-42-31)17-22-7-5-4-6-8-22;19-14-6-3-12(4-7-14)5-8-17-21-15-10-13(11-20-18(15)22-17)16-2-1-9-23-16;1-21(2)14-8-7-12-10-17(20-18(19)16(12)11-14)13-5-4-6-15(9-13)22-3/h9-13,15,20-21,26,28,37-39,47,55-56H,7-8,14,16-19,22-25H2,1-6H3;4-12,21,25-26H,13-20H2,1-3H3,(H,32,36)(H,33,39)(H,34,38);1-4,6-7,9-11H,5,8H2,(H,20,21,22);4-11H,1-3H3,(H2,19,20)/t28-,37+,38-,39-,42+,43-,44-,45+,46+;21-,25-,26-,31+;;/m10../s1. The Morgan fingerprint density at radius 3 is 2.10 bits per heavy atom. The summed E-state index contributed by atoms with van der Waals surface area (Å²) in [6.45, 7) is 14.3. The van der Waals surface area contributed by atoms with Crippen molar-refractivity contribution in [3.05, 3.63) is 257 Å². The SMILES string of the molecule is CC[C@]1(O)C[C@H]2CN(CCc3c([nH]c4ccccc34)[C@@](C(=O)OC)(c3cc4c(cc3OC)N(C=O)[C@H]3[C@@](O)(C(=O)OC)[C@H](OC(C)=O)[C@]5(CC)C=CCN6CC[C@]43[C@@H]65)C2)C1.COc1ccc(C[C@H](NC(=O)[C@H](C)NC(=O)CN2CCOCC2)C(=O)N[C@@H](Cc2ccccc2)C(=O)[C@@]2(C)CO2)cc1.COc1cccc(-c2cc3ccc(N(C)C)cc3c(N)n2)c1.Clc1ccc(CCc2nc3ncc(-c4ccco4)cc3[nH]2)cc1. The Kier molecular flexibility index (Phi) is 31.3. The number of amides is 4. The van der Waals surface area contributed by atoms with Crippen LogP contribution in [0.3, 0.4) is 0 Å². The monoisotopic (exact) mass is 2020 g/mol. The summed E-state index contributed by atoms with van der Waals surface area (Å²) in [5.41, 5.74) is 10.5. The summed E-state index contributed by atoms with van der Waals surface area (Å²) >= 11 is 5.90. The maximum absolute atomic E-state index is 15.3. The number of nitrogens with zero attached hydrogens (tertiary/aromatic N) is 8. The summed E-state index contributed by atoms with van der Waals surface area (Å²) < 4.78 is 50.3. The van der Waals surface area contributed by atoms with Gasteiger partial charge in [-0.05, 0) is 196 Å². The molecule has 7 aromatic carbocycles. The highest BCUT2D eigenvalue weighted by Gasteiger charge is 2.81. The van der Waals surface area contributed by atoms with Crippen molar-refractivity contribution in [1.29, 1.82) is 0 Å². The number of imidazole rings is 1. The Hall–Kier alpha value is -13.9. The number of hydrogen-bond acceptors (Lipinski definition) is 27. The van der Waals surface area contributed by atoms with Crippen LogP contribution in [0, 0.1) is 11.3 Å². The minimum atomic E-state index is -2.53. The summed E-state index contributed by atoms with van der Waals surface area (Å²) in [7, 11) is 11.3. The number of ether oxygens (including phenoxy) is 8. The molecule has 8 aliphatic rings. The van der Waals surface area contributed by atoms with Crippen LogP contribution in [-0.2, 0) is 105 Å². The number of aryl methyl sites for hydroxylation is 2. The van der Waals surface area contributed by atoms with Gasteiger partial charge < -0.3 is 94.0 Å². The Morgan fingerprint density at radius 2 is 1.41 bits per heavy atom. The number of aliphatic hydroxyl groups is 2. The number of halogens is 1. The first-order chi connectivity index (χ1) is 70.8. The Morgan fingerprint density at radius 1 is 0.694 bits per heavy atom. The molecule has 0 radical (unpaired) electrons. The quantitative estimate of drug-likeness (QED) is 0.00709. The number of nitrogens with two attached hydrogens (primary N) is 1. The van der Waals surface area contributed by atoms with Gasteiger partial charge in [-0.3, -0.25) is 48.3 Å². The molecule has 1 saturated carbocycles. The molecule has 4 saturated heterocycles. The van der Waals surface area contributed by atoms with E-state index in [0.717, 1.165) is 107 Å². The molecule has 20 rings (SSSR count). The highest BCUT2D eigenvalue weighted by atomic mass is 35.5. The number of furan rings is 1. The van der Waals surface area contributed by atoms with Gasteiger partial charge in [0.1, 0.15) is 57.8 Å². The van der Waals surface area contributed by atoms with Gasteiger partial charge in [0.2, 0.25) is 29.7 Å². The van der Waals surface area contributed by atoms with E-state index in [-0.39, 0.29) is 43.4 Å². The smallest absolute Gasteiger partial charge is 0.344 e. The van der Waals surface area contributed by atoms with Crippen LogP contribution < -0.4 is 45.7 Å². The molecule has 33 nitrogen and oxygen atoms in total. The van der Waals surface area contributed by atoms with Gasteiger partial charge in [0.15, 0.2) is 17.5 Å². The van der Waals surface area contributed by atoms with Crippen molar-refractivity contribution < 1.29 is 90.9 Å². The number of fused-ring (bicyclic) bond motifs is 8. The van der Waals surface area contributed by atoms with E-state index in [1.54, 1.807) is 58.7 Å². The van der Waals surface area contributed by atoms with Gasteiger partial charge in [-0.1, -0.05) is 129 Å². The van der Waals surface area contributed by atoms with E-state index in [1.807, 2.05) is 178 Å². The number of Topliss-reactive ketones (excluding diaryl/α,β-unsaturated/α-hetero) is 1. The first-order valence-electron chi connectivity index (χ1n) is 50.0. The number of aromatic nitrogens is 5. The van der Waals surface area contributed by atoms with Crippen LogP contribution in [0.15, 0.2) is 211 Å². The summed E-state index contributed by atoms with van der Waals surface area (Å²) in [4.78, 5) is 140. The largest absolute Gasteiger partial charge is 0.497 e. The fourth-order valence-corrected chi connectivity index (χ4v) is 23.3. The number of nitrogen functional groups attached to an aromatic ring is 1. The first-order valence-corrected chi connectivity index (χ1v) is 50.4. The third kappa shape index (κ3) is 21.2. The zero-order valence-corrected chi connectivity index (χ0v) is 85.7. The molecule has 1 unspecified atom stereocenters. The molecule has 7 aliphatic heterocycles. The van der Waals surface area contributed by atoms with Crippen LogP contribution in [-0.4, -0.2) is 273 Å². The van der Waals surface area contributed by atoms with E-state index >= 15 is 4.79 Å². The molecule has 34 heteroatoms. The number of methoxy groups -OCH3 is 5. The molecule has 12 aromatic rings. The van der Waals surface area contributed by atoms with Gasteiger partial charge in [0.05, 0.1) is 103 Å². The Balaban J connectivity index is 0.000000146. The van der Waals surface area contributed by atoms with E-state index in [2.05, 4.69) is 85.9 Å². The highest BCUT2D eigenvalue weighted by molar-refractivity contribution is 6.30. The zero-order chi connectivity index (χ0) is 104. The van der Waals surface area contributed by atoms with Crippen molar-refractivity contribution in [1.82, 2.24) is 55.6 Å². The van der Waals surface area contributed by atoms with Gasteiger partial charge in [-0.25, -0.2) is 19.7 Å². The number of H-pyrrole nitrogens is 2. The van der Waals surface area contributed by atoms with Gasteiger partial charge >= 0.3 is 17.9 Å². The van der Waals surface area contributed by atoms with Crippen LogP contribution in [0.4, 0.5) is 17.2 Å². The summed E-state index contributed by atoms with van der Waals surface area (Å²) in [5.74, 6) is 0.138. The van der Waals surface area contributed by atoms with Crippen molar-refractivity contribution >= 4 is 109 Å². The van der Waals surface area contributed by atoms with Gasteiger partial charge in [-0.2, -0.15) is 0 Å². The number of carbonyl (C=O) groups is 8. The maximum Gasteiger partial charge on any atom is 0.344 e. The van der Waals surface area contributed by atoms with Gasteiger partial charge in [0.25, 0.3) is 0 Å². The number of rotatable bonds is 29. The molecule has 147 heavy (non-hydrogen) atoms. The number of benzene rings is 7. The molecular weight excluding hydrogens is 1890 g/mol. The summed E-state index contributed by atoms with van der Waals surface area (Å²) in [6.07, 6.45) is 11.4. The second-order valence-corrected chi connectivity index (χ2v) is 40.3. The van der Waals surface area contributed by atoms with E-state index in [0.29, 0.717) is 144 Å². The van der Waals surface area contributed by atoms with Crippen molar-refractivity contribution in [2.24, 2.45) is 11.3 Å². The predicted octanol–water partition coefficient (Wildman–Crippen LogP) is 12.4. The number of hydrogen-bond donors (Lipinski definition) is 8. The maximum atomic E-state index is 15.3. The molecule has 1 aliphatic carbocycles. The van der Waals surface area contributed by atoms with Crippen LogP contribution in [0.5, 0.6) is 17.2 Å². The molecule has 772 valence electrons. The first kappa shape index (κ1) is 104. The number of aromatic amines is 2. The Labute approximate surface area is 858 Å². The molecule has 5 fully saturated rings. The number of piperidine rings is 1. The number of pyridine rings is 2. The normalized spacial score (nSPS) is 24.1. The van der Waals surface area contributed by atoms with E-state index in [4.69, 9.17) is 59.6 Å². The molecular formula is C113H129ClN14O19. The zero-order valence-electron chi connectivity index (χ0n) is 85.0. The van der Waals surface area contributed by atoms with Gasteiger partial charge in [-0.15, -0.1) is 0 Å². The van der Waals surface area contributed by atoms with Gasteiger partial charge in [0, 0.05) is 152 Å². The average Bonchev–Trinajstić information content (AvgIpc) is 1.48. The number of epoxide rings is 1. The third-order valence-electron chi connectivity index (χ3n) is 30.5. The predicted molar refractivity (Wildman–Crippen MR) is 558 cm³/mol. The fourth-order valence-electron chi connectivity index (χ4n) is 23.2. The lowest BCUT2D eigenvalue weighted by Crippen LogP contribution is -2.81. The Bertz CT molecular complexity index is 6850. The van der Waals surface area contributed by atoms with Crippen LogP contribution in [0.25, 0.3) is 55.4 Å². The number of esters is 3. The van der Waals surface area contributed by atoms with Crippen LogP contribution in [0.1, 0.15) is 112 Å². The number of ketones is 1. The van der Waals surface area contributed by atoms with E-state index in [1.165, 1.54) is 38.7 Å². The molecule has 4 amide bonds. The van der Waals surface area contributed by atoms with Crippen LogP contribution >= 0.6 is 11.6 Å². The lowest BCUT2D eigenvalue weighted by Gasteiger charge is -2.63. The number of morpholine rings is 1. The van der Waals surface area contributed by atoms with Crippen molar-refractivity contribution in [2.75, 3.05) is 137 Å².